The number of methoxy groups -OCH3 is 1. The first-order valence-corrected chi connectivity index (χ1v) is 6.59. The van der Waals surface area contributed by atoms with Gasteiger partial charge >= 0.3 is 0 Å². The van der Waals surface area contributed by atoms with Crippen LogP contribution in [0.15, 0.2) is 18.2 Å². The van der Waals surface area contributed by atoms with E-state index in [4.69, 9.17) is 22.7 Å². The van der Waals surface area contributed by atoms with E-state index in [0.29, 0.717) is 17.1 Å². The maximum atomic E-state index is 13.9. The van der Waals surface area contributed by atoms with Gasteiger partial charge in [0.1, 0.15) is 16.6 Å². The molecule has 1 aromatic carbocycles. The highest BCUT2D eigenvalue weighted by Gasteiger charge is 2.15. The SMILES string of the molecule is COc1ccc(F)c(Nc2nnc(C)c(C)c2C(N)=S)c1. The number of ether oxygens (including phenoxy) is 1. The van der Waals surface area contributed by atoms with Crippen molar-refractivity contribution in [1.82, 2.24) is 10.2 Å². The summed E-state index contributed by atoms with van der Waals surface area (Å²) in [5.41, 5.74) is 8.03. The highest BCUT2D eigenvalue weighted by Crippen LogP contribution is 2.27. The summed E-state index contributed by atoms with van der Waals surface area (Å²) >= 11 is 5.05. The first kappa shape index (κ1) is 15.1. The van der Waals surface area contributed by atoms with Gasteiger partial charge < -0.3 is 15.8 Å². The van der Waals surface area contributed by atoms with E-state index < -0.39 is 5.82 Å². The molecule has 0 unspecified atom stereocenters. The third-order valence-corrected chi connectivity index (χ3v) is 3.33. The number of benzene rings is 1. The van der Waals surface area contributed by atoms with Gasteiger partial charge in [-0.15, -0.1) is 5.10 Å². The van der Waals surface area contributed by atoms with E-state index in [1.54, 1.807) is 6.92 Å². The van der Waals surface area contributed by atoms with Crippen LogP contribution >= 0.6 is 12.2 Å². The summed E-state index contributed by atoms with van der Waals surface area (Å²) in [5, 5.41) is 10.9. The van der Waals surface area contributed by atoms with Crippen LogP contribution in [0.25, 0.3) is 0 Å². The summed E-state index contributed by atoms with van der Waals surface area (Å²) in [6.45, 7) is 3.64. The van der Waals surface area contributed by atoms with Crippen molar-refractivity contribution in [2.24, 2.45) is 5.73 Å². The van der Waals surface area contributed by atoms with E-state index >= 15 is 0 Å². The van der Waals surface area contributed by atoms with Crippen molar-refractivity contribution < 1.29 is 9.13 Å². The van der Waals surface area contributed by atoms with Gasteiger partial charge in [0.25, 0.3) is 0 Å². The average Bonchev–Trinajstić information content (AvgIpc) is 2.45. The van der Waals surface area contributed by atoms with E-state index in [0.717, 1.165) is 11.3 Å². The first-order chi connectivity index (χ1) is 9.93. The highest BCUT2D eigenvalue weighted by atomic mass is 32.1. The Morgan fingerprint density at radius 1 is 1.33 bits per heavy atom. The normalized spacial score (nSPS) is 10.3. The standard InChI is InChI=1S/C14H15FN4OS/c1-7-8(2)18-19-14(12(7)13(16)21)17-11-6-9(20-3)4-5-10(11)15/h4-6H,1-3H3,(H2,16,21)(H,17,19). The smallest absolute Gasteiger partial charge is 0.163 e. The molecule has 0 atom stereocenters. The van der Waals surface area contributed by atoms with Crippen molar-refractivity contribution in [1.29, 1.82) is 0 Å². The van der Waals surface area contributed by atoms with E-state index in [2.05, 4.69) is 15.5 Å². The van der Waals surface area contributed by atoms with E-state index in [1.807, 2.05) is 6.92 Å². The number of aryl methyl sites for hydroxylation is 1. The second-order valence-electron chi connectivity index (χ2n) is 4.47. The fourth-order valence-corrected chi connectivity index (χ4v) is 2.10. The molecule has 0 saturated carbocycles. The Kier molecular flexibility index (Phi) is 4.32. The van der Waals surface area contributed by atoms with Crippen LogP contribution in [-0.4, -0.2) is 22.3 Å². The van der Waals surface area contributed by atoms with Crippen LogP contribution in [0.1, 0.15) is 16.8 Å². The fraction of sp³-hybridized carbons (Fsp3) is 0.214. The van der Waals surface area contributed by atoms with Crippen molar-refractivity contribution in [3.63, 3.8) is 0 Å². The number of nitrogens with one attached hydrogen (secondary N) is 1. The highest BCUT2D eigenvalue weighted by molar-refractivity contribution is 7.80. The van der Waals surface area contributed by atoms with Gasteiger partial charge in [-0.05, 0) is 31.5 Å². The molecule has 0 spiro atoms. The lowest BCUT2D eigenvalue weighted by atomic mass is 10.1. The second kappa shape index (κ2) is 6.01. The molecule has 0 aliphatic carbocycles. The molecule has 21 heavy (non-hydrogen) atoms. The molecular formula is C14H15FN4OS. The zero-order valence-corrected chi connectivity index (χ0v) is 12.7. The van der Waals surface area contributed by atoms with Crippen molar-refractivity contribution in [3.8, 4) is 5.75 Å². The zero-order valence-electron chi connectivity index (χ0n) is 11.9. The van der Waals surface area contributed by atoms with Gasteiger partial charge in [-0.2, -0.15) is 5.10 Å². The second-order valence-corrected chi connectivity index (χ2v) is 4.91. The zero-order chi connectivity index (χ0) is 15.6. The first-order valence-electron chi connectivity index (χ1n) is 6.18. The number of nitrogens with zero attached hydrogens (tertiary/aromatic N) is 2. The van der Waals surface area contributed by atoms with Crippen molar-refractivity contribution in [2.75, 3.05) is 12.4 Å². The van der Waals surface area contributed by atoms with Crippen LogP contribution in [0.5, 0.6) is 5.75 Å². The molecule has 0 amide bonds. The fourth-order valence-electron chi connectivity index (χ4n) is 1.85. The number of hydrogen-bond donors (Lipinski definition) is 2. The number of nitrogens with two attached hydrogens (primary N) is 1. The molecule has 2 aromatic rings. The Hall–Kier alpha value is -2.28. The minimum absolute atomic E-state index is 0.177. The summed E-state index contributed by atoms with van der Waals surface area (Å²) in [6.07, 6.45) is 0. The Labute approximate surface area is 127 Å². The third-order valence-electron chi connectivity index (χ3n) is 3.13. The van der Waals surface area contributed by atoms with Crippen LogP contribution in [0.2, 0.25) is 0 Å². The molecule has 0 bridgehead atoms. The quantitative estimate of drug-likeness (QED) is 0.846. The van der Waals surface area contributed by atoms with Crippen molar-refractivity contribution >= 4 is 28.7 Å². The average molecular weight is 306 g/mol. The predicted molar refractivity (Wildman–Crippen MR) is 83.6 cm³/mol. The molecule has 0 saturated heterocycles. The van der Waals surface area contributed by atoms with Crippen LogP contribution in [-0.2, 0) is 0 Å². The van der Waals surface area contributed by atoms with E-state index in [-0.39, 0.29) is 10.7 Å². The summed E-state index contributed by atoms with van der Waals surface area (Å²) in [6, 6.07) is 4.35. The van der Waals surface area contributed by atoms with Crippen molar-refractivity contribution in [3.05, 3.63) is 40.8 Å². The number of rotatable bonds is 4. The number of hydrogen-bond acceptors (Lipinski definition) is 5. The Morgan fingerprint density at radius 3 is 2.67 bits per heavy atom. The maximum Gasteiger partial charge on any atom is 0.163 e. The maximum absolute atomic E-state index is 13.9. The molecule has 5 nitrogen and oxygen atoms in total. The minimum Gasteiger partial charge on any atom is -0.497 e. The molecule has 1 heterocycles. The number of aromatic nitrogens is 2. The Bertz CT molecular complexity index is 706. The van der Waals surface area contributed by atoms with Crippen molar-refractivity contribution in [2.45, 2.75) is 13.8 Å². The summed E-state index contributed by atoms with van der Waals surface area (Å²) < 4.78 is 18.9. The molecule has 110 valence electrons. The van der Waals surface area contributed by atoms with Crippen LogP contribution in [0.4, 0.5) is 15.9 Å². The summed E-state index contributed by atoms with van der Waals surface area (Å²) in [5.74, 6) is 0.398. The van der Waals surface area contributed by atoms with Crippen LogP contribution in [0.3, 0.4) is 0 Å². The molecule has 0 aliphatic heterocycles. The van der Waals surface area contributed by atoms with Gasteiger partial charge in [0.2, 0.25) is 0 Å². The number of halogens is 1. The van der Waals surface area contributed by atoms with E-state index in [1.165, 1.54) is 25.3 Å². The van der Waals surface area contributed by atoms with Gasteiger partial charge in [-0.1, -0.05) is 12.2 Å². The predicted octanol–water partition coefficient (Wildman–Crippen LogP) is 2.62. The molecule has 7 heteroatoms. The van der Waals surface area contributed by atoms with Crippen LogP contribution < -0.4 is 15.8 Å². The van der Waals surface area contributed by atoms with Gasteiger partial charge in [-0.3, -0.25) is 0 Å². The molecular weight excluding hydrogens is 291 g/mol. The monoisotopic (exact) mass is 306 g/mol. The number of thiocarbonyl (C=S) groups is 1. The lowest BCUT2D eigenvalue weighted by molar-refractivity contribution is 0.414. The number of anilines is 2. The largest absolute Gasteiger partial charge is 0.497 e. The van der Waals surface area contributed by atoms with Gasteiger partial charge in [0.05, 0.1) is 24.1 Å². The Balaban J connectivity index is 2.49. The van der Waals surface area contributed by atoms with Crippen LogP contribution in [0, 0.1) is 19.7 Å². The Morgan fingerprint density at radius 2 is 2.05 bits per heavy atom. The van der Waals surface area contributed by atoms with Gasteiger partial charge in [0, 0.05) is 6.07 Å². The minimum atomic E-state index is -0.440. The molecule has 0 aliphatic rings. The lowest BCUT2D eigenvalue weighted by Gasteiger charge is -2.14. The topological polar surface area (TPSA) is 73.1 Å². The molecule has 0 radical (unpaired) electrons. The lowest BCUT2D eigenvalue weighted by Crippen LogP contribution is -2.17. The van der Waals surface area contributed by atoms with Gasteiger partial charge in [-0.25, -0.2) is 4.39 Å². The summed E-state index contributed by atoms with van der Waals surface area (Å²) in [4.78, 5) is 0.177. The summed E-state index contributed by atoms with van der Waals surface area (Å²) in [7, 11) is 1.51. The molecule has 2 rings (SSSR count). The van der Waals surface area contributed by atoms with E-state index in [9.17, 15) is 4.39 Å². The van der Waals surface area contributed by atoms with Gasteiger partial charge in [0.15, 0.2) is 5.82 Å². The molecule has 0 fully saturated rings. The molecule has 3 N–H and O–H groups in total. The molecule has 1 aromatic heterocycles. The third kappa shape index (κ3) is 3.08.